The third-order valence-corrected chi connectivity index (χ3v) is 3.95. The number of hydrogen-bond donors (Lipinski definition) is 1. The summed E-state index contributed by atoms with van der Waals surface area (Å²) in [6, 6.07) is 15.5. The monoisotopic (exact) mass is 251 g/mol. The zero-order valence-corrected chi connectivity index (χ0v) is 11.6. The first-order valence-corrected chi connectivity index (χ1v) is 7.34. The average molecular weight is 251 g/mol. The van der Waals surface area contributed by atoms with Crippen LogP contribution in [0.15, 0.2) is 42.5 Å². The molecule has 1 aliphatic rings. The Morgan fingerprint density at radius 3 is 2.84 bits per heavy atom. The zero-order chi connectivity index (χ0) is 13.1. The van der Waals surface area contributed by atoms with E-state index in [4.69, 9.17) is 0 Å². The normalized spacial score (nSPS) is 13.1. The molecule has 0 amide bonds. The molecule has 2 aromatic rings. The fourth-order valence-electron chi connectivity index (χ4n) is 2.96. The minimum Gasteiger partial charge on any atom is -0.384 e. The number of rotatable bonds is 3. The summed E-state index contributed by atoms with van der Waals surface area (Å²) < 4.78 is 0. The highest BCUT2D eigenvalue weighted by molar-refractivity contribution is 5.83. The Morgan fingerprint density at radius 2 is 1.95 bits per heavy atom. The van der Waals surface area contributed by atoms with Crippen LogP contribution in [0, 0.1) is 0 Å². The average Bonchev–Trinajstić information content (AvgIpc) is 2.64. The summed E-state index contributed by atoms with van der Waals surface area (Å²) in [6.45, 7) is 3.29. The second-order valence-electron chi connectivity index (χ2n) is 5.28. The molecule has 0 bridgehead atoms. The number of fused-ring (bicyclic) bond motifs is 3. The van der Waals surface area contributed by atoms with E-state index in [2.05, 4.69) is 54.7 Å². The first kappa shape index (κ1) is 12.3. The van der Waals surface area contributed by atoms with Crippen LogP contribution >= 0.6 is 0 Å². The van der Waals surface area contributed by atoms with Crippen LogP contribution in [0.25, 0.3) is 11.1 Å². The van der Waals surface area contributed by atoms with Gasteiger partial charge < -0.3 is 5.32 Å². The molecule has 0 saturated carbocycles. The molecule has 1 heteroatoms. The van der Waals surface area contributed by atoms with Gasteiger partial charge in [0.1, 0.15) is 0 Å². The Labute approximate surface area is 115 Å². The molecule has 0 atom stereocenters. The SMILES string of the molecule is CCCCc1cccc2c1-c1ccccc1CCN2. The van der Waals surface area contributed by atoms with Crippen LogP contribution in [-0.4, -0.2) is 6.54 Å². The molecule has 0 saturated heterocycles. The smallest absolute Gasteiger partial charge is 0.0422 e. The van der Waals surface area contributed by atoms with E-state index in [0.29, 0.717) is 0 Å². The van der Waals surface area contributed by atoms with E-state index < -0.39 is 0 Å². The van der Waals surface area contributed by atoms with Crippen LogP contribution in [0.2, 0.25) is 0 Å². The summed E-state index contributed by atoms with van der Waals surface area (Å²) in [5.74, 6) is 0. The van der Waals surface area contributed by atoms with Gasteiger partial charge >= 0.3 is 0 Å². The summed E-state index contributed by atoms with van der Waals surface area (Å²) in [5.41, 5.74) is 7.12. The highest BCUT2D eigenvalue weighted by atomic mass is 14.9. The van der Waals surface area contributed by atoms with Crippen molar-refractivity contribution in [3.8, 4) is 11.1 Å². The van der Waals surface area contributed by atoms with Crippen LogP contribution in [0.3, 0.4) is 0 Å². The number of unbranched alkanes of at least 4 members (excludes halogenated alkanes) is 1. The van der Waals surface area contributed by atoms with Crippen LogP contribution in [0.4, 0.5) is 5.69 Å². The lowest BCUT2D eigenvalue weighted by Gasteiger charge is -2.15. The molecule has 0 unspecified atom stereocenters. The maximum Gasteiger partial charge on any atom is 0.0422 e. The minimum atomic E-state index is 1.03. The van der Waals surface area contributed by atoms with Crippen LogP contribution in [-0.2, 0) is 12.8 Å². The Kier molecular flexibility index (Phi) is 3.54. The Balaban J connectivity index is 2.14. The van der Waals surface area contributed by atoms with Gasteiger partial charge in [-0.05, 0) is 42.0 Å². The van der Waals surface area contributed by atoms with Crippen molar-refractivity contribution >= 4 is 5.69 Å². The largest absolute Gasteiger partial charge is 0.384 e. The van der Waals surface area contributed by atoms with Crippen molar-refractivity contribution < 1.29 is 0 Å². The van der Waals surface area contributed by atoms with Gasteiger partial charge in [0.2, 0.25) is 0 Å². The van der Waals surface area contributed by atoms with E-state index in [9.17, 15) is 0 Å². The third kappa shape index (κ3) is 2.37. The summed E-state index contributed by atoms with van der Waals surface area (Å²) >= 11 is 0. The van der Waals surface area contributed by atoms with Gasteiger partial charge in [0, 0.05) is 17.8 Å². The molecule has 3 rings (SSSR count). The molecular formula is C18H21N. The molecule has 19 heavy (non-hydrogen) atoms. The van der Waals surface area contributed by atoms with Crippen molar-refractivity contribution in [1.82, 2.24) is 0 Å². The highest BCUT2D eigenvalue weighted by Crippen LogP contribution is 2.36. The van der Waals surface area contributed by atoms with E-state index in [1.807, 2.05) is 0 Å². The third-order valence-electron chi connectivity index (χ3n) is 3.95. The van der Waals surface area contributed by atoms with Crippen LogP contribution < -0.4 is 5.32 Å². The van der Waals surface area contributed by atoms with Gasteiger partial charge in [0.15, 0.2) is 0 Å². The van der Waals surface area contributed by atoms with Crippen LogP contribution in [0.1, 0.15) is 30.9 Å². The zero-order valence-electron chi connectivity index (χ0n) is 11.6. The summed E-state index contributed by atoms with van der Waals surface area (Å²) in [4.78, 5) is 0. The Morgan fingerprint density at radius 1 is 1.05 bits per heavy atom. The van der Waals surface area contributed by atoms with Gasteiger partial charge in [-0.3, -0.25) is 0 Å². The van der Waals surface area contributed by atoms with Gasteiger partial charge in [-0.25, -0.2) is 0 Å². The van der Waals surface area contributed by atoms with Crippen molar-refractivity contribution in [2.24, 2.45) is 0 Å². The number of anilines is 1. The first-order chi connectivity index (χ1) is 9.40. The second kappa shape index (κ2) is 5.48. The molecule has 0 fully saturated rings. The number of benzene rings is 2. The topological polar surface area (TPSA) is 12.0 Å². The van der Waals surface area contributed by atoms with E-state index in [1.54, 1.807) is 0 Å². The maximum atomic E-state index is 3.59. The van der Waals surface area contributed by atoms with E-state index in [0.717, 1.165) is 13.0 Å². The van der Waals surface area contributed by atoms with Crippen molar-refractivity contribution in [2.75, 3.05) is 11.9 Å². The maximum absolute atomic E-state index is 3.59. The van der Waals surface area contributed by atoms with Gasteiger partial charge in [-0.1, -0.05) is 49.7 Å². The van der Waals surface area contributed by atoms with Gasteiger partial charge in [-0.15, -0.1) is 0 Å². The minimum absolute atomic E-state index is 1.03. The fraction of sp³-hybridized carbons (Fsp3) is 0.333. The molecule has 0 spiro atoms. The van der Waals surface area contributed by atoms with Gasteiger partial charge in [-0.2, -0.15) is 0 Å². The lowest BCUT2D eigenvalue weighted by atomic mass is 9.92. The lowest BCUT2D eigenvalue weighted by molar-refractivity contribution is 0.796. The molecule has 98 valence electrons. The Hall–Kier alpha value is -1.76. The first-order valence-electron chi connectivity index (χ1n) is 7.34. The standard InChI is InChI=1S/C18H21N/c1-2-3-7-15-9-6-11-17-18(15)16-10-5-4-8-14(16)12-13-19-17/h4-6,8-11,19H,2-3,7,12-13H2,1H3. The molecule has 0 aromatic heterocycles. The van der Waals surface area contributed by atoms with Gasteiger partial charge in [0.05, 0.1) is 0 Å². The van der Waals surface area contributed by atoms with Crippen molar-refractivity contribution in [1.29, 1.82) is 0 Å². The predicted octanol–water partition coefficient (Wildman–Crippen LogP) is 4.66. The summed E-state index contributed by atoms with van der Waals surface area (Å²) in [7, 11) is 0. The van der Waals surface area contributed by atoms with E-state index >= 15 is 0 Å². The molecule has 0 radical (unpaired) electrons. The van der Waals surface area contributed by atoms with Crippen molar-refractivity contribution in [3.63, 3.8) is 0 Å². The molecule has 1 nitrogen and oxygen atoms in total. The summed E-state index contributed by atoms with van der Waals surface area (Å²) in [6.07, 6.45) is 4.80. The molecular weight excluding hydrogens is 230 g/mol. The predicted molar refractivity (Wildman–Crippen MR) is 82.7 cm³/mol. The second-order valence-corrected chi connectivity index (χ2v) is 5.28. The number of hydrogen-bond acceptors (Lipinski definition) is 1. The molecule has 0 aliphatic carbocycles. The van der Waals surface area contributed by atoms with Crippen molar-refractivity contribution in [3.05, 3.63) is 53.6 Å². The molecule has 2 aromatic carbocycles. The van der Waals surface area contributed by atoms with Crippen LogP contribution in [0.5, 0.6) is 0 Å². The summed E-state index contributed by atoms with van der Waals surface area (Å²) in [5, 5.41) is 3.59. The quantitative estimate of drug-likeness (QED) is 0.836. The van der Waals surface area contributed by atoms with Crippen molar-refractivity contribution in [2.45, 2.75) is 32.6 Å². The van der Waals surface area contributed by atoms with E-state index in [1.165, 1.54) is 47.2 Å². The molecule has 1 aliphatic heterocycles. The number of nitrogens with one attached hydrogen (secondary N) is 1. The van der Waals surface area contributed by atoms with E-state index in [-0.39, 0.29) is 0 Å². The Bertz CT molecular complexity index is 572. The number of aryl methyl sites for hydroxylation is 1. The fourth-order valence-corrected chi connectivity index (χ4v) is 2.96. The lowest BCUT2D eigenvalue weighted by Crippen LogP contribution is -2.02. The molecule has 1 N–H and O–H groups in total. The molecule has 1 heterocycles. The van der Waals surface area contributed by atoms with Gasteiger partial charge in [0.25, 0.3) is 0 Å². The highest BCUT2D eigenvalue weighted by Gasteiger charge is 2.16.